The van der Waals surface area contributed by atoms with Gasteiger partial charge in [-0.2, -0.15) is 0 Å². The van der Waals surface area contributed by atoms with E-state index in [1.54, 1.807) is 0 Å². The molecular formula is C18H20N2. The Kier molecular flexibility index (Phi) is 3.84. The van der Waals surface area contributed by atoms with Crippen LogP contribution in [0.1, 0.15) is 30.5 Å². The standard InChI is InChI=1S/C18H20N2/c1-2-17(19-12-14-8-4-3-5-9-14)16-13-20-18-11-7-6-10-15(16)18/h3-11,13,17,19-20H,2,12H2,1H3. The van der Waals surface area contributed by atoms with Crippen LogP contribution >= 0.6 is 0 Å². The van der Waals surface area contributed by atoms with Crippen molar-refractivity contribution in [2.75, 3.05) is 0 Å². The first kappa shape index (κ1) is 12.9. The summed E-state index contributed by atoms with van der Waals surface area (Å²) in [5, 5.41) is 4.98. The maximum absolute atomic E-state index is 3.66. The largest absolute Gasteiger partial charge is 0.361 e. The van der Waals surface area contributed by atoms with E-state index < -0.39 is 0 Å². The number of aromatic nitrogens is 1. The maximum atomic E-state index is 3.66. The van der Waals surface area contributed by atoms with Crippen LogP contribution in [-0.2, 0) is 6.54 Å². The molecule has 0 bridgehead atoms. The van der Waals surface area contributed by atoms with Crippen LogP contribution in [0.15, 0.2) is 60.8 Å². The topological polar surface area (TPSA) is 27.8 Å². The van der Waals surface area contributed by atoms with E-state index in [9.17, 15) is 0 Å². The van der Waals surface area contributed by atoms with Crippen LogP contribution in [0.5, 0.6) is 0 Å². The predicted octanol–water partition coefficient (Wildman–Crippen LogP) is 4.41. The van der Waals surface area contributed by atoms with Crippen LogP contribution in [0.2, 0.25) is 0 Å². The molecule has 1 unspecified atom stereocenters. The summed E-state index contributed by atoms with van der Waals surface area (Å²) in [4.78, 5) is 3.36. The summed E-state index contributed by atoms with van der Waals surface area (Å²) in [6.45, 7) is 3.13. The molecule has 102 valence electrons. The molecule has 0 aliphatic rings. The lowest BCUT2D eigenvalue weighted by molar-refractivity contribution is 0.522. The molecule has 2 aromatic carbocycles. The van der Waals surface area contributed by atoms with Gasteiger partial charge in [0.2, 0.25) is 0 Å². The number of hydrogen-bond acceptors (Lipinski definition) is 1. The number of fused-ring (bicyclic) bond motifs is 1. The van der Waals surface area contributed by atoms with Crippen LogP contribution < -0.4 is 5.32 Å². The molecule has 0 aliphatic carbocycles. The van der Waals surface area contributed by atoms with Crippen molar-refractivity contribution < 1.29 is 0 Å². The van der Waals surface area contributed by atoms with Gasteiger partial charge in [0.1, 0.15) is 0 Å². The van der Waals surface area contributed by atoms with Gasteiger partial charge in [-0.3, -0.25) is 0 Å². The van der Waals surface area contributed by atoms with Crippen LogP contribution in [-0.4, -0.2) is 4.98 Å². The molecule has 3 rings (SSSR count). The van der Waals surface area contributed by atoms with Gasteiger partial charge in [0, 0.05) is 29.7 Å². The Morgan fingerprint density at radius 2 is 1.75 bits per heavy atom. The van der Waals surface area contributed by atoms with E-state index in [4.69, 9.17) is 0 Å². The zero-order valence-electron chi connectivity index (χ0n) is 11.8. The molecule has 20 heavy (non-hydrogen) atoms. The first-order chi connectivity index (χ1) is 9.88. The van der Waals surface area contributed by atoms with Gasteiger partial charge in [0.15, 0.2) is 0 Å². The zero-order valence-corrected chi connectivity index (χ0v) is 11.8. The summed E-state index contributed by atoms with van der Waals surface area (Å²) in [7, 11) is 0. The first-order valence-corrected chi connectivity index (χ1v) is 7.22. The van der Waals surface area contributed by atoms with Crippen LogP contribution in [0, 0.1) is 0 Å². The second-order valence-corrected chi connectivity index (χ2v) is 5.12. The van der Waals surface area contributed by atoms with Gasteiger partial charge in [0.05, 0.1) is 0 Å². The van der Waals surface area contributed by atoms with Gasteiger partial charge in [0.25, 0.3) is 0 Å². The lowest BCUT2D eigenvalue weighted by Gasteiger charge is -2.16. The molecule has 0 aliphatic heterocycles. The highest BCUT2D eigenvalue weighted by molar-refractivity contribution is 5.83. The molecule has 0 radical (unpaired) electrons. The summed E-state index contributed by atoms with van der Waals surface area (Å²) >= 11 is 0. The van der Waals surface area contributed by atoms with Crippen molar-refractivity contribution in [1.29, 1.82) is 0 Å². The van der Waals surface area contributed by atoms with E-state index in [1.807, 2.05) is 0 Å². The van der Waals surface area contributed by atoms with Crippen LogP contribution in [0.4, 0.5) is 0 Å². The third-order valence-electron chi connectivity index (χ3n) is 3.80. The molecule has 0 amide bonds. The van der Waals surface area contributed by atoms with Crippen molar-refractivity contribution in [3.8, 4) is 0 Å². The first-order valence-electron chi connectivity index (χ1n) is 7.22. The van der Waals surface area contributed by atoms with Gasteiger partial charge in [-0.15, -0.1) is 0 Å². The lowest BCUT2D eigenvalue weighted by atomic mass is 10.0. The van der Waals surface area contributed by atoms with Crippen LogP contribution in [0.3, 0.4) is 0 Å². The molecule has 2 N–H and O–H groups in total. The van der Waals surface area contributed by atoms with Gasteiger partial charge in [-0.25, -0.2) is 0 Å². The van der Waals surface area contributed by atoms with Crippen molar-refractivity contribution in [3.63, 3.8) is 0 Å². The number of hydrogen-bond donors (Lipinski definition) is 2. The van der Waals surface area contributed by atoms with Crippen molar-refractivity contribution >= 4 is 10.9 Å². The minimum absolute atomic E-state index is 0.381. The fourth-order valence-corrected chi connectivity index (χ4v) is 2.69. The summed E-state index contributed by atoms with van der Waals surface area (Å²) in [5.41, 5.74) is 3.90. The SMILES string of the molecule is CCC(NCc1ccccc1)c1c[nH]c2ccccc12. The van der Waals surface area contributed by atoms with E-state index >= 15 is 0 Å². The summed E-state index contributed by atoms with van der Waals surface area (Å²) in [5.74, 6) is 0. The molecule has 1 atom stereocenters. The number of benzene rings is 2. The van der Waals surface area contributed by atoms with E-state index in [1.165, 1.54) is 22.0 Å². The Bertz CT molecular complexity index is 670. The minimum Gasteiger partial charge on any atom is -0.361 e. The normalized spacial score (nSPS) is 12.7. The summed E-state index contributed by atoms with van der Waals surface area (Å²) < 4.78 is 0. The molecule has 0 fully saturated rings. The molecule has 2 nitrogen and oxygen atoms in total. The van der Waals surface area contributed by atoms with Gasteiger partial charge in [-0.1, -0.05) is 55.5 Å². The van der Waals surface area contributed by atoms with Crippen molar-refractivity contribution in [1.82, 2.24) is 10.3 Å². The number of para-hydroxylation sites is 1. The highest BCUT2D eigenvalue weighted by Crippen LogP contribution is 2.26. The van der Waals surface area contributed by atoms with Crippen LogP contribution in [0.25, 0.3) is 10.9 Å². The molecular weight excluding hydrogens is 244 g/mol. The predicted molar refractivity (Wildman–Crippen MR) is 84.6 cm³/mol. The molecule has 1 heterocycles. The van der Waals surface area contributed by atoms with Crippen molar-refractivity contribution in [2.45, 2.75) is 25.9 Å². The van der Waals surface area contributed by atoms with E-state index in [0.29, 0.717) is 6.04 Å². The summed E-state index contributed by atoms with van der Waals surface area (Å²) in [6, 6.07) is 19.4. The molecule has 2 heteroatoms. The number of aromatic amines is 1. The van der Waals surface area contributed by atoms with Gasteiger partial charge < -0.3 is 10.3 Å². The second kappa shape index (κ2) is 5.93. The number of rotatable bonds is 5. The smallest absolute Gasteiger partial charge is 0.0457 e. The molecule has 0 saturated carbocycles. The van der Waals surface area contributed by atoms with Crippen molar-refractivity contribution in [2.24, 2.45) is 0 Å². The Hall–Kier alpha value is -2.06. The highest BCUT2D eigenvalue weighted by atomic mass is 14.9. The monoisotopic (exact) mass is 264 g/mol. The maximum Gasteiger partial charge on any atom is 0.0457 e. The fourth-order valence-electron chi connectivity index (χ4n) is 2.69. The van der Waals surface area contributed by atoms with Gasteiger partial charge >= 0.3 is 0 Å². The fraction of sp³-hybridized carbons (Fsp3) is 0.222. The number of H-pyrrole nitrogens is 1. The van der Waals surface area contributed by atoms with E-state index in [0.717, 1.165) is 13.0 Å². The Morgan fingerprint density at radius 3 is 2.55 bits per heavy atom. The second-order valence-electron chi connectivity index (χ2n) is 5.12. The molecule has 0 spiro atoms. The minimum atomic E-state index is 0.381. The third kappa shape index (κ3) is 2.61. The van der Waals surface area contributed by atoms with Crippen molar-refractivity contribution in [3.05, 3.63) is 71.9 Å². The van der Waals surface area contributed by atoms with E-state index in [2.05, 4.69) is 78.0 Å². The van der Waals surface area contributed by atoms with E-state index in [-0.39, 0.29) is 0 Å². The summed E-state index contributed by atoms with van der Waals surface area (Å²) in [6.07, 6.45) is 3.21. The quantitative estimate of drug-likeness (QED) is 0.702. The third-order valence-corrected chi connectivity index (χ3v) is 3.80. The lowest BCUT2D eigenvalue weighted by Crippen LogP contribution is -2.19. The average Bonchev–Trinajstić information content (AvgIpc) is 2.93. The zero-order chi connectivity index (χ0) is 13.8. The Morgan fingerprint density at radius 1 is 1.00 bits per heavy atom. The molecule has 0 saturated heterocycles. The number of nitrogens with one attached hydrogen (secondary N) is 2. The average molecular weight is 264 g/mol. The molecule has 3 aromatic rings. The van der Waals surface area contributed by atoms with Gasteiger partial charge in [-0.05, 0) is 23.6 Å². The Labute approximate surface area is 119 Å². The highest BCUT2D eigenvalue weighted by Gasteiger charge is 2.13. The Balaban J connectivity index is 1.79. The molecule has 1 aromatic heterocycles.